The van der Waals surface area contributed by atoms with E-state index in [-0.39, 0.29) is 6.04 Å². The molecule has 0 saturated heterocycles. The van der Waals surface area contributed by atoms with Gasteiger partial charge in [-0.15, -0.1) is 0 Å². The van der Waals surface area contributed by atoms with Crippen LogP contribution in [0.15, 0.2) is 24.3 Å². The van der Waals surface area contributed by atoms with E-state index in [2.05, 4.69) is 38.1 Å². The number of hydrogen-bond acceptors (Lipinski definition) is 1. The zero-order valence-electron chi connectivity index (χ0n) is 12.6. The van der Waals surface area contributed by atoms with Gasteiger partial charge in [0.25, 0.3) is 0 Å². The van der Waals surface area contributed by atoms with E-state index in [9.17, 15) is 0 Å². The van der Waals surface area contributed by atoms with Gasteiger partial charge in [0.05, 0.1) is 0 Å². The van der Waals surface area contributed by atoms with Crippen LogP contribution in [0.1, 0.15) is 69.0 Å². The molecule has 1 aliphatic rings. The van der Waals surface area contributed by atoms with Gasteiger partial charge in [-0.25, -0.2) is 0 Å². The van der Waals surface area contributed by atoms with Gasteiger partial charge >= 0.3 is 0 Å². The molecule has 1 saturated carbocycles. The summed E-state index contributed by atoms with van der Waals surface area (Å²) in [6.07, 6.45) is 9.60. The molecule has 2 rings (SSSR count). The smallest absolute Gasteiger partial charge is 0.0323 e. The van der Waals surface area contributed by atoms with Gasteiger partial charge < -0.3 is 5.73 Å². The second kappa shape index (κ2) is 7.09. The summed E-state index contributed by atoms with van der Waals surface area (Å²) in [6, 6.07) is 8.98. The normalized spacial score (nSPS) is 25.2. The van der Waals surface area contributed by atoms with Crippen LogP contribution < -0.4 is 5.73 Å². The predicted octanol–water partition coefficient (Wildman–Crippen LogP) is 4.99. The molecule has 1 nitrogen and oxygen atoms in total. The van der Waals surface area contributed by atoms with Crippen molar-refractivity contribution in [1.82, 2.24) is 0 Å². The molecule has 19 heavy (non-hydrogen) atoms. The summed E-state index contributed by atoms with van der Waals surface area (Å²) in [6.45, 7) is 4.44. The van der Waals surface area contributed by atoms with E-state index in [1.807, 2.05) is 0 Å². The molecule has 0 spiro atoms. The van der Waals surface area contributed by atoms with Crippen molar-refractivity contribution in [3.8, 4) is 0 Å². The zero-order valence-corrected chi connectivity index (χ0v) is 12.6. The number of unbranched alkanes of at least 4 members (excludes halogenated alkanes) is 1. The summed E-state index contributed by atoms with van der Waals surface area (Å²) in [4.78, 5) is 0. The van der Waals surface area contributed by atoms with E-state index in [0.717, 1.165) is 5.92 Å². The summed E-state index contributed by atoms with van der Waals surface area (Å²) in [5.41, 5.74) is 9.14. The Morgan fingerprint density at radius 1 is 1.21 bits per heavy atom. The maximum atomic E-state index is 6.48. The van der Waals surface area contributed by atoms with Crippen molar-refractivity contribution in [3.63, 3.8) is 0 Å². The van der Waals surface area contributed by atoms with Gasteiger partial charge in [-0.2, -0.15) is 0 Å². The lowest BCUT2D eigenvalue weighted by molar-refractivity contribution is 0.232. The first-order valence-electron chi connectivity index (χ1n) is 8.03. The number of hydrogen-bond donors (Lipinski definition) is 1. The Morgan fingerprint density at radius 2 is 1.95 bits per heavy atom. The van der Waals surface area contributed by atoms with Crippen LogP contribution in [0.5, 0.6) is 0 Å². The first kappa shape index (κ1) is 14.6. The summed E-state index contributed by atoms with van der Waals surface area (Å²) in [5, 5.41) is 0. The van der Waals surface area contributed by atoms with Gasteiger partial charge in [-0.3, -0.25) is 0 Å². The van der Waals surface area contributed by atoms with Crippen molar-refractivity contribution >= 4 is 0 Å². The van der Waals surface area contributed by atoms with E-state index < -0.39 is 0 Å². The van der Waals surface area contributed by atoms with E-state index in [1.54, 1.807) is 0 Å². The lowest BCUT2D eigenvalue weighted by atomic mass is 9.75. The molecule has 0 bridgehead atoms. The molecule has 1 aromatic rings. The predicted molar refractivity (Wildman–Crippen MR) is 83.1 cm³/mol. The molecule has 0 amide bonds. The van der Waals surface area contributed by atoms with Crippen molar-refractivity contribution in [2.45, 2.75) is 64.8 Å². The monoisotopic (exact) mass is 259 g/mol. The lowest BCUT2D eigenvalue weighted by Gasteiger charge is -2.32. The largest absolute Gasteiger partial charge is 0.324 e. The minimum absolute atomic E-state index is 0.243. The van der Waals surface area contributed by atoms with Gasteiger partial charge in [-0.05, 0) is 37.2 Å². The Morgan fingerprint density at radius 3 is 2.58 bits per heavy atom. The van der Waals surface area contributed by atoms with Crippen LogP contribution in [-0.2, 0) is 0 Å². The van der Waals surface area contributed by atoms with Crippen molar-refractivity contribution in [2.24, 2.45) is 17.6 Å². The maximum Gasteiger partial charge on any atom is 0.0323 e. The Balaban J connectivity index is 1.87. The molecule has 0 heterocycles. The van der Waals surface area contributed by atoms with Crippen LogP contribution in [0.25, 0.3) is 0 Å². The van der Waals surface area contributed by atoms with Crippen LogP contribution in [0, 0.1) is 18.8 Å². The quantitative estimate of drug-likeness (QED) is 0.792. The van der Waals surface area contributed by atoms with Gasteiger partial charge in [0.1, 0.15) is 0 Å². The highest BCUT2D eigenvalue weighted by atomic mass is 14.7. The average Bonchev–Trinajstić information content (AvgIpc) is 2.45. The Hall–Kier alpha value is -0.820. The number of benzene rings is 1. The highest BCUT2D eigenvalue weighted by Crippen LogP contribution is 2.37. The molecule has 0 radical (unpaired) electrons. The molecule has 0 aliphatic heterocycles. The molecule has 1 aromatic carbocycles. The van der Waals surface area contributed by atoms with E-state index >= 15 is 0 Å². The Bertz CT molecular complexity index is 377. The summed E-state index contributed by atoms with van der Waals surface area (Å²) < 4.78 is 0. The second-order valence-electron chi connectivity index (χ2n) is 6.36. The summed E-state index contributed by atoms with van der Waals surface area (Å²) in [5.74, 6) is 1.67. The van der Waals surface area contributed by atoms with E-state index in [4.69, 9.17) is 5.73 Å². The van der Waals surface area contributed by atoms with E-state index in [1.165, 1.54) is 56.1 Å². The third-order valence-electron chi connectivity index (χ3n) is 4.79. The van der Waals surface area contributed by atoms with Gasteiger partial charge in [0, 0.05) is 6.04 Å². The third kappa shape index (κ3) is 4.07. The molecule has 1 atom stereocenters. The third-order valence-corrected chi connectivity index (χ3v) is 4.79. The summed E-state index contributed by atoms with van der Waals surface area (Å²) in [7, 11) is 0. The van der Waals surface area contributed by atoms with Gasteiger partial charge in [-0.1, -0.05) is 68.9 Å². The summed E-state index contributed by atoms with van der Waals surface area (Å²) >= 11 is 0. The minimum atomic E-state index is 0.243. The Kier molecular flexibility index (Phi) is 5.45. The van der Waals surface area contributed by atoms with Crippen molar-refractivity contribution < 1.29 is 0 Å². The molecular formula is C18H29N. The number of aryl methyl sites for hydroxylation is 1. The highest BCUT2D eigenvalue weighted by molar-refractivity contribution is 5.25. The van der Waals surface area contributed by atoms with Crippen molar-refractivity contribution in [1.29, 1.82) is 0 Å². The van der Waals surface area contributed by atoms with Gasteiger partial charge in [0.15, 0.2) is 0 Å². The molecule has 1 fully saturated rings. The molecule has 1 aliphatic carbocycles. The number of rotatable bonds is 5. The first-order chi connectivity index (χ1) is 9.20. The fourth-order valence-electron chi connectivity index (χ4n) is 3.48. The standard InChI is InChI=1S/C18H29N/c1-3-4-7-15-9-11-16(12-10-15)18(19)17-8-5-6-14(2)13-17/h5-6,8,13,15-16,18H,3-4,7,9-12,19H2,1-2H3. The highest BCUT2D eigenvalue weighted by Gasteiger charge is 2.26. The molecule has 1 heteroatoms. The van der Waals surface area contributed by atoms with Crippen molar-refractivity contribution in [2.75, 3.05) is 0 Å². The van der Waals surface area contributed by atoms with Crippen LogP contribution in [-0.4, -0.2) is 0 Å². The van der Waals surface area contributed by atoms with E-state index in [0.29, 0.717) is 5.92 Å². The van der Waals surface area contributed by atoms with Crippen LogP contribution in [0.2, 0.25) is 0 Å². The molecule has 2 N–H and O–H groups in total. The molecule has 106 valence electrons. The van der Waals surface area contributed by atoms with Crippen LogP contribution in [0.3, 0.4) is 0 Å². The van der Waals surface area contributed by atoms with Crippen LogP contribution in [0.4, 0.5) is 0 Å². The fourth-order valence-corrected chi connectivity index (χ4v) is 3.48. The molecular weight excluding hydrogens is 230 g/mol. The molecule has 1 unspecified atom stereocenters. The van der Waals surface area contributed by atoms with Crippen molar-refractivity contribution in [3.05, 3.63) is 35.4 Å². The number of nitrogens with two attached hydrogens (primary N) is 1. The van der Waals surface area contributed by atoms with Gasteiger partial charge in [0.2, 0.25) is 0 Å². The van der Waals surface area contributed by atoms with Crippen LogP contribution >= 0.6 is 0 Å². The fraction of sp³-hybridized carbons (Fsp3) is 0.667. The lowest BCUT2D eigenvalue weighted by Crippen LogP contribution is -2.26. The zero-order chi connectivity index (χ0) is 13.7. The topological polar surface area (TPSA) is 26.0 Å². The maximum absolute atomic E-state index is 6.48. The Labute approximate surface area is 118 Å². The molecule has 0 aromatic heterocycles. The first-order valence-corrected chi connectivity index (χ1v) is 8.03. The SMILES string of the molecule is CCCCC1CCC(C(N)c2cccc(C)c2)CC1. The minimum Gasteiger partial charge on any atom is -0.324 e. The average molecular weight is 259 g/mol. The second-order valence-corrected chi connectivity index (χ2v) is 6.36.